The Hall–Kier alpha value is -0.640. The molecule has 0 aliphatic carbocycles. The fourth-order valence-electron chi connectivity index (χ4n) is 2.11. The molecule has 0 fully saturated rings. The van der Waals surface area contributed by atoms with Gasteiger partial charge in [0.1, 0.15) is 5.82 Å². The first kappa shape index (κ1) is 15.4. The number of hydrogen-bond acceptors (Lipinski definition) is 2. The maximum atomic E-state index is 13.2. The van der Waals surface area contributed by atoms with Crippen LogP contribution in [0.5, 0.6) is 0 Å². The van der Waals surface area contributed by atoms with Gasteiger partial charge in [0.05, 0.1) is 0 Å². The number of methoxy groups -OCH3 is 1. The highest BCUT2D eigenvalue weighted by Crippen LogP contribution is 2.20. The molecule has 0 saturated heterocycles. The van der Waals surface area contributed by atoms with Gasteiger partial charge in [-0.05, 0) is 49.6 Å². The maximum Gasteiger partial charge on any atom is 0.123 e. The molecule has 102 valence electrons. The lowest BCUT2D eigenvalue weighted by Crippen LogP contribution is -2.30. The maximum absolute atomic E-state index is 13.2. The lowest BCUT2D eigenvalue weighted by molar-refractivity contribution is 0.150. The van der Waals surface area contributed by atoms with Gasteiger partial charge in [-0.25, -0.2) is 4.39 Å². The van der Waals surface area contributed by atoms with Crippen LogP contribution in [0.3, 0.4) is 0 Å². The second kappa shape index (κ2) is 7.72. The summed E-state index contributed by atoms with van der Waals surface area (Å²) in [4.78, 5) is 0. The van der Waals surface area contributed by atoms with Crippen LogP contribution in [0.4, 0.5) is 4.39 Å². The minimum atomic E-state index is -0.241. The molecule has 0 aliphatic heterocycles. The zero-order chi connectivity index (χ0) is 13.5. The molecule has 0 spiro atoms. The number of ether oxygens (including phenoxy) is 1. The third kappa shape index (κ3) is 4.92. The Labute approximate surface area is 113 Å². The molecule has 0 bridgehead atoms. The standard InChI is InChI=1S/C14H21ClFNO/c1-10(9-18-3)6-13(17-2)8-11-7-12(16)4-5-14(11)15/h4-5,7,10,13,17H,6,8-9H2,1-3H3. The van der Waals surface area contributed by atoms with Gasteiger partial charge in [-0.2, -0.15) is 0 Å². The summed E-state index contributed by atoms with van der Waals surface area (Å²) in [6, 6.07) is 4.77. The highest BCUT2D eigenvalue weighted by molar-refractivity contribution is 6.31. The van der Waals surface area contributed by atoms with Crippen LogP contribution >= 0.6 is 11.6 Å². The summed E-state index contributed by atoms with van der Waals surface area (Å²) in [5, 5.41) is 3.87. The molecule has 0 aliphatic rings. The highest BCUT2D eigenvalue weighted by atomic mass is 35.5. The lowest BCUT2D eigenvalue weighted by Gasteiger charge is -2.20. The van der Waals surface area contributed by atoms with Crippen molar-refractivity contribution in [3.63, 3.8) is 0 Å². The molecule has 2 unspecified atom stereocenters. The number of rotatable bonds is 7. The van der Waals surface area contributed by atoms with Gasteiger partial charge in [-0.1, -0.05) is 18.5 Å². The van der Waals surface area contributed by atoms with Gasteiger partial charge in [-0.15, -0.1) is 0 Å². The Morgan fingerprint density at radius 3 is 2.78 bits per heavy atom. The van der Waals surface area contributed by atoms with Crippen molar-refractivity contribution in [3.05, 3.63) is 34.6 Å². The van der Waals surface area contributed by atoms with Gasteiger partial charge in [0.25, 0.3) is 0 Å². The SMILES string of the molecule is CNC(Cc1cc(F)ccc1Cl)CC(C)COC. The molecule has 2 nitrogen and oxygen atoms in total. The van der Waals surface area contributed by atoms with E-state index in [4.69, 9.17) is 16.3 Å². The van der Waals surface area contributed by atoms with Gasteiger partial charge < -0.3 is 10.1 Å². The summed E-state index contributed by atoms with van der Waals surface area (Å²) in [5.74, 6) is 0.217. The molecule has 2 atom stereocenters. The number of likely N-dealkylation sites (N-methyl/N-ethyl adjacent to an activating group) is 1. The first-order chi connectivity index (χ1) is 8.56. The van der Waals surface area contributed by atoms with E-state index in [1.807, 2.05) is 7.05 Å². The zero-order valence-corrected chi connectivity index (χ0v) is 11.9. The average molecular weight is 274 g/mol. The van der Waals surface area contributed by atoms with Crippen LogP contribution in [0, 0.1) is 11.7 Å². The van der Waals surface area contributed by atoms with Crippen molar-refractivity contribution in [2.45, 2.75) is 25.8 Å². The average Bonchev–Trinajstić information content (AvgIpc) is 2.33. The van der Waals surface area contributed by atoms with Crippen molar-refractivity contribution in [2.75, 3.05) is 20.8 Å². The summed E-state index contributed by atoms with van der Waals surface area (Å²) in [7, 11) is 3.62. The highest BCUT2D eigenvalue weighted by Gasteiger charge is 2.14. The fourth-order valence-corrected chi connectivity index (χ4v) is 2.30. The largest absolute Gasteiger partial charge is 0.384 e. The van der Waals surface area contributed by atoms with Crippen LogP contribution < -0.4 is 5.32 Å². The molecule has 0 aromatic heterocycles. The lowest BCUT2D eigenvalue weighted by atomic mass is 9.96. The van der Waals surface area contributed by atoms with Gasteiger partial charge in [0.2, 0.25) is 0 Å². The van der Waals surface area contributed by atoms with Gasteiger partial charge in [0, 0.05) is 24.8 Å². The van der Waals surface area contributed by atoms with Crippen molar-refractivity contribution in [2.24, 2.45) is 5.92 Å². The summed E-state index contributed by atoms with van der Waals surface area (Å²) in [6.07, 6.45) is 1.69. The first-order valence-corrected chi connectivity index (χ1v) is 6.54. The van der Waals surface area contributed by atoms with E-state index in [0.717, 1.165) is 25.0 Å². The van der Waals surface area contributed by atoms with Crippen LogP contribution in [-0.4, -0.2) is 26.8 Å². The van der Waals surface area contributed by atoms with Crippen molar-refractivity contribution in [3.8, 4) is 0 Å². The van der Waals surface area contributed by atoms with Crippen molar-refractivity contribution >= 4 is 11.6 Å². The van der Waals surface area contributed by atoms with E-state index < -0.39 is 0 Å². The molecule has 0 radical (unpaired) electrons. The van der Waals surface area contributed by atoms with Crippen molar-refractivity contribution in [1.29, 1.82) is 0 Å². The third-order valence-electron chi connectivity index (χ3n) is 3.02. The summed E-state index contributed by atoms with van der Waals surface area (Å²) >= 11 is 6.08. The number of halogens is 2. The molecule has 0 amide bonds. The molecule has 0 heterocycles. The van der Waals surface area contributed by atoms with Crippen LogP contribution in [0.1, 0.15) is 18.9 Å². The van der Waals surface area contributed by atoms with Crippen molar-refractivity contribution in [1.82, 2.24) is 5.32 Å². The van der Waals surface area contributed by atoms with E-state index >= 15 is 0 Å². The summed E-state index contributed by atoms with van der Waals surface area (Å²) in [6.45, 7) is 2.87. The number of hydrogen-bond donors (Lipinski definition) is 1. The minimum Gasteiger partial charge on any atom is -0.384 e. The molecule has 4 heteroatoms. The van der Waals surface area contributed by atoms with Crippen LogP contribution in [0.15, 0.2) is 18.2 Å². The van der Waals surface area contributed by atoms with E-state index in [1.54, 1.807) is 13.2 Å². The van der Waals surface area contributed by atoms with E-state index in [9.17, 15) is 4.39 Å². The Bertz CT molecular complexity index is 373. The molecule has 0 saturated carbocycles. The second-order valence-electron chi connectivity index (χ2n) is 4.72. The Morgan fingerprint density at radius 1 is 1.44 bits per heavy atom. The Kier molecular flexibility index (Phi) is 6.61. The monoisotopic (exact) mass is 273 g/mol. The van der Waals surface area contributed by atoms with E-state index in [-0.39, 0.29) is 11.9 Å². The van der Waals surface area contributed by atoms with Gasteiger partial charge in [0.15, 0.2) is 0 Å². The predicted molar refractivity (Wildman–Crippen MR) is 73.6 cm³/mol. The molecule has 18 heavy (non-hydrogen) atoms. The quantitative estimate of drug-likeness (QED) is 0.823. The Morgan fingerprint density at radius 2 is 2.17 bits per heavy atom. The topological polar surface area (TPSA) is 21.3 Å². The summed E-state index contributed by atoms with van der Waals surface area (Å²) in [5.41, 5.74) is 0.848. The molecule has 1 N–H and O–H groups in total. The molecule has 1 aromatic carbocycles. The fraction of sp³-hybridized carbons (Fsp3) is 0.571. The summed E-state index contributed by atoms with van der Waals surface area (Å²) < 4.78 is 18.3. The second-order valence-corrected chi connectivity index (χ2v) is 5.13. The first-order valence-electron chi connectivity index (χ1n) is 6.17. The third-order valence-corrected chi connectivity index (χ3v) is 3.39. The van der Waals surface area contributed by atoms with Gasteiger partial charge in [-0.3, -0.25) is 0 Å². The molecular formula is C14H21ClFNO. The smallest absolute Gasteiger partial charge is 0.123 e. The van der Waals surface area contributed by atoms with E-state index in [0.29, 0.717) is 10.9 Å². The zero-order valence-electron chi connectivity index (χ0n) is 11.2. The predicted octanol–water partition coefficient (Wildman–Crippen LogP) is 3.28. The minimum absolute atomic E-state index is 0.241. The molecule has 1 aromatic rings. The molecular weight excluding hydrogens is 253 g/mol. The van der Waals surface area contributed by atoms with Crippen molar-refractivity contribution < 1.29 is 9.13 Å². The van der Waals surface area contributed by atoms with Crippen LogP contribution in [0.25, 0.3) is 0 Å². The van der Waals surface area contributed by atoms with Gasteiger partial charge >= 0.3 is 0 Å². The Balaban J connectivity index is 2.64. The number of benzene rings is 1. The van der Waals surface area contributed by atoms with E-state index in [2.05, 4.69) is 12.2 Å². The number of nitrogens with one attached hydrogen (secondary N) is 1. The van der Waals surface area contributed by atoms with Crippen LogP contribution in [0.2, 0.25) is 5.02 Å². The van der Waals surface area contributed by atoms with Crippen LogP contribution in [-0.2, 0) is 11.2 Å². The molecule has 1 rings (SSSR count). The normalized spacial score (nSPS) is 14.5. The van der Waals surface area contributed by atoms with E-state index in [1.165, 1.54) is 12.1 Å².